The fourth-order valence-corrected chi connectivity index (χ4v) is 2.44. The van der Waals surface area contributed by atoms with Crippen LogP contribution in [0.1, 0.15) is 32.6 Å². The molecule has 1 aliphatic heterocycles. The van der Waals surface area contributed by atoms with Gasteiger partial charge in [-0.2, -0.15) is 0 Å². The van der Waals surface area contributed by atoms with Gasteiger partial charge in [-0.3, -0.25) is 10.1 Å². The van der Waals surface area contributed by atoms with Crippen LogP contribution >= 0.6 is 0 Å². The SMILES string of the molecule is CC1CCCC(N2CC(=O)NC2=O)C1. The monoisotopic (exact) mass is 196 g/mol. The van der Waals surface area contributed by atoms with Crippen molar-refractivity contribution in [1.82, 2.24) is 10.2 Å². The van der Waals surface area contributed by atoms with Crippen molar-refractivity contribution in [2.75, 3.05) is 6.54 Å². The molecule has 2 aliphatic rings. The van der Waals surface area contributed by atoms with Gasteiger partial charge in [0.25, 0.3) is 0 Å². The average molecular weight is 196 g/mol. The molecule has 1 aliphatic carbocycles. The Morgan fingerprint density at radius 1 is 1.36 bits per heavy atom. The first-order valence-corrected chi connectivity index (χ1v) is 5.27. The van der Waals surface area contributed by atoms with E-state index in [9.17, 15) is 9.59 Å². The summed E-state index contributed by atoms with van der Waals surface area (Å²) in [6, 6.07) is 0.0827. The van der Waals surface area contributed by atoms with Gasteiger partial charge in [-0.25, -0.2) is 4.79 Å². The van der Waals surface area contributed by atoms with Crippen LogP contribution in [0.5, 0.6) is 0 Å². The molecule has 4 heteroatoms. The fourth-order valence-electron chi connectivity index (χ4n) is 2.44. The van der Waals surface area contributed by atoms with Crippen LogP contribution < -0.4 is 5.32 Å². The molecule has 2 fully saturated rings. The summed E-state index contributed by atoms with van der Waals surface area (Å²) in [5.74, 6) is 0.519. The molecule has 1 heterocycles. The Bertz CT molecular complexity index is 265. The summed E-state index contributed by atoms with van der Waals surface area (Å²) in [6.07, 6.45) is 4.51. The first-order valence-electron chi connectivity index (χ1n) is 5.27. The summed E-state index contributed by atoms with van der Waals surface area (Å²) in [5, 5.41) is 2.33. The number of urea groups is 1. The fraction of sp³-hybridized carbons (Fsp3) is 0.800. The van der Waals surface area contributed by atoms with Crippen molar-refractivity contribution in [2.24, 2.45) is 5.92 Å². The molecular weight excluding hydrogens is 180 g/mol. The van der Waals surface area contributed by atoms with Crippen molar-refractivity contribution in [1.29, 1.82) is 0 Å². The molecule has 1 N–H and O–H groups in total. The van der Waals surface area contributed by atoms with Crippen LogP contribution in [0.4, 0.5) is 4.79 Å². The molecule has 0 aromatic heterocycles. The lowest BCUT2D eigenvalue weighted by molar-refractivity contribution is -0.118. The van der Waals surface area contributed by atoms with E-state index in [4.69, 9.17) is 0 Å². The molecule has 0 aromatic rings. The first-order chi connectivity index (χ1) is 6.66. The zero-order chi connectivity index (χ0) is 10.1. The Hall–Kier alpha value is -1.06. The van der Waals surface area contributed by atoms with Crippen LogP contribution in [0.25, 0.3) is 0 Å². The number of rotatable bonds is 1. The van der Waals surface area contributed by atoms with Crippen LogP contribution in [-0.2, 0) is 4.79 Å². The van der Waals surface area contributed by atoms with Crippen LogP contribution in [0.2, 0.25) is 0 Å². The zero-order valence-corrected chi connectivity index (χ0v) is 8.45. The van der Waals surface area contributed by atoms with E-state index in [-0.39, 0.29) is 24.5 Å². The predicted molar refractivity (Wildman–Crippen MR) is 51.7 cm³/mol. The molecule has 0 bridgehead atoms. The smallest absolute Gasteiger partial charge is 0.312 e. The van der Waals surface area contributed by atoms with Crippen molar-refractivity contribution in [3.63, 3.8) is 0 Å². The van der Waals surface area contributed by atoms with Gasteiger partial charge in [0.15, 0.2) is 0 Å². The second-order valence-corrected chi connectivity index (χ2v) is 4.41. The van der Waals surface area contributed by atoms with E-state index in [0.29, 0.717) is 5.92 Å². The predicted octanol–water partition coefficient (Wildman–Crippen LogP) is 1.12. The summed E-state index contributed by atoms with van der Waals surface area (Å²) in [7, 11) is 0. The number of nitrogens with zero attached hydrogens (tertiary/aromatic N) is 1. The third kappa shape index (κ3) is 1.74. The van der Waals surface area contributed by atoms with Gasteiger partial charge in [-0.05, 0) is 18.8 Å². The van der Waals surface area contributed by atoms with Crippen LogP contribution in [0.3, 0.4) is 0 Å². The van der Waals surface area contributed by atoms with Gasteiger partial charge < -0.3 is 4.90 Å². The second-order valence-electron chi connectivity index (χ2n) is 4.41. The average Bonchev–Trinajstić information content (AvgIpc) is 2.45. The van der Waals surface area contributed by atoms with Crippen LogP contribution in [-0.4, -0.2) is 29.4 Å². The summed E-state index contributed by atoms with van der Waals surface area (Å²) < 4.78 is 0. The Morgan fingerprint density at radius 2 is 2.14 bits per heavy atom. The van der Waals surface area contributed by atoms with Crippen molar-refractivity contribution in [3.8, 4) is 0 Å². The molecule has 4 nitrogen and oxygen atoms in total. The number of nitrogens with one attached hydrogen (secondary N) is 1. The van der Waals surface area contributed by atoms with E-state index >= 15 is 0 Å². The molecule has 2 atom stereocenters. The normalized spacial score (nSPS) is 33.4. The molecule has 3 amide bonds. The van der Waals surface area contributed by atoms with Crippen molar-refractivity contribution in [3.05, 3.63) is 0 Å². The maximum atomic E-state index is 11.4. The Kier molecular flexibility index (Phi) is 2.44. The lowest BCUT2D eigenvalue weighted by atomic mass is 9.86. The third-order valence-electron chi connectivity index (χ3n) is 3.17. The maximum Gasteiger partial charge on any atom is 0.324 e. The van der Waals surface area contributed by atoms with E-state index in [1.54, 1.807) is 4.90 Å². The van der Waals surface area contributed by atoms with Crippen molar-refractivity contribution in [2.45, 2.75) is 38.6 Å². The number of carbonyl (C=O) groups is 2. The molecule has 2 rings (SSSR count). The topological polar surface area (TPSA) is 49.4 Å². The highest BCUT2D eigenvalue weighted by Gasteiger charge is 2.34. The van der Waals surface area contributed by atoms with Crippen molar-refractivity contribution >= 4 is 11.9 Å². The Morgan fingerprint density at radius 3 is 2.71 bits per heavy atom. The van der Waals surface area contributed by atoms with Gasteiger partial charge in [0.1, 0.15) is 6.54 Å². The number of amides is 3. The number of carbonyl (C=O) groups excluding carboxylic acids is 2. The van der Waals surface area contributed by atoms with Gasteiger partial charge in [0, 0.05) is 6.04 Å². The second kappa shape index (κ2) is 3.59. The molecule has 2 unspecified atom stereocenters. The minimum absolute atomic E-state index is 0.159. The molecule has 0 aromatic carbocycles. The molecule has 78 valence electrons. The highest BCUT2D eigenvalue weighted by atomic mass is 16.2. The third-order valence-corrected chi connectivity index (χ3v) is 3.17. The highest BCUT2D eigenvalue weighted by molar-refractivity contribution is 6.02. The van der Waals surface area contributed by atoms with E-state index in [1.807, 2.05) is 0 Å². The molecule has 0 radical (unpaired) electrons. The maximum absolute atomic E-state index is 11.4. The quantitative estimate of drug-likeness (QED) is 0.639. The minimum atomic E-state index is -0.200. The number of hydrogen-bond acceptors (Lipinski definition) is 2. The lowest BCUT2D eigenvalue weighted by Gasteiger charge is -2.32. The van der Waals surface area contributed by atoms with Crippen LogP contribution in [0, 0.1) is 5.92 Å². The van der Waals surface area contributed by atoms with Gasteiger partial charge in [-0.1, -0.05) is 19.8 Å². The van der Waals surface area contributed by atoms with Crippen molar-refractivity contribution < 1.29 is 9.59 Å². The minimum Gasteiger partial charge on any atom is -0.312 e. The van der Waals surface area contributed by atoms with Gasteiger partial charge in [-0.15, -0.1) is 0 Å². The lowest BCUT2D eigenvalue weighted by Crippen LogP contribution is -2.40. The standard InChI is InChI=1S/C10H16N2O2/c1-7-3-2-4-8(5-7)12-6-9(13)11-10(12)14/h7-8H,2-6H2,1H3,(H,11,13,14). The molecule has 14 heavy (non-hydrogen) atoms. The Labute approximate surface area is 83.6 Å². The van der Waals surface area contributed by atoms with Gasteiger partial charge in [0.2, 0.25) is 5.91 Å². The Balaban J connectivity index is 2.00. The number of hydrogen-bond donors (Lipinski definition) is 1. The molecule has 0 spiro atoms. The zero-order valence-electron chi connectivity index (χ0n) is 8.45. The molecule has 1 saturated heterocycles. The summed E-state index contributed by atoms with van der Waals surface area (Å²) in [5.41, 5.74) is 0. The summed E-state index contributed by atoms with van der Waals surface area (Å²) in [4.78, 5) is 24.1. The van der Waals surface area contributed by atoms with E-state index in [2.05, 4.69) is 12.2 Å². The number of imide groups is 1. The molecule has 1 saturated carbocycles. The van der Waals surface area contributed by atoms with Gasteiger partial charge >= 0.3 is 6.03 Å². The van der Waals surface area contributed by atoms with E-state index in [0.717, 1.165) is 12.8 Å². The first kappa shape index (κ1) is 9.49. The summed E-state index contributed by atoms with van der Waals surface area (Å²) in [6.45, 7) is 2.47. The highest BCUT2D eigenvalue weighted by Crippen LogP contribution is 2.27. The van der Waals surface area contributed by atoms with Gasteiger partial charge in [0.05, 0.1) is 0 Å². The van der Waals surface area contributed by atoms with E-state index < -0.39 is 0 Å². The van der Waals surface area contributed by atoms with Crippen LogP contribution in [0.15, 0.2) is 0 Å². The summed E-state index contributed by atoms with van der Waals surface area (Å²) >= 11 is 0. The largest absolute Gasteiger partial charge is 0.324 e. The molecular formula is C10H16N2O2. The van der Waals surface area contributed by atoms with E-state index in [1.165, 1.54) is 12.8 Å².